The maximum Gasteiger partial charge on any atom is 0.261 e. The van der Waals surface area contributed by atoms with Gasteiger partial charge in [0.25, 0.3) is 5.91 Å². The number of carbonyl (C=O) groups excluding carboxylic acids is 1. The zero-order valence-corrected chi connectivity index (χ0v) is 13.4. The van der Waals surface area contributed by atoms with E-state index in [1.807, 2.05) is 25.1 Å². The van der Waals surface area contributed by atoms with Crippen LogP contribution in [0.5, 0.6) is 0 Å². The first-order valence-corrected chi connectivity index (χ1v) is 7.41. The number of anilines is 1. The molecule has 1 aromatic carbocycles. The summed E-state index contributed by atoms with van der Waals surface area (Å²) in [6.07, 6.45) is 1.51. The molecule has 106 valence electrons. The fraction of sp³-hybridized carbons (Fsp3) is 0.333. The molecule has 0 radical (unpaired) electrons. The average molecular weight is 337 g/mol. The van der Waals surface area contributed by atoms with Gasteiger partial charge in [-0.3, -0.25) is 4.79 Å². The number of carbonyl (C=O) groups is 1. The second kappa shape index (κ2) is 6.22. The van der Waals surface area contributed by atoms with Gasteiger partial charge in [-0.1, -0.05) is 34.9 Å². The van der Waals surface area contributed by atoms with Crippen LogP contribution in [0.2, 0.25) is 0 Å². The number of amides is 1. The highest BCUT2D eigenvalue weighted by Crippen LogP contribution is 2.23. The summed E-state index contributed by atoms with van der Waals surface area (Å²) >= 11 is 3.44. The minimum Gasteiger partial charge on any atom is -0.361 e. The van der Waals surface area contributed by atoms with E-state index >= 15 is 0 Å². The van der Waals surface area contributed by atoms with Crippen molar-refractivity contribution in [1.29, 1.82) is 0 Å². The minimum absolute atomic E-state index is 0.169. The standard InChI is InChI=1S/C15H17BrN2O2/c1-4-10-8-11(16)6-7-13(10)17-15(19)14-9(3)20-18-12(14)5-2/h6-8H,4-5H2,1-3H3,(H,17,19). The molecule has 2 aromatic rings. The predicted molar refractivity (Wildman–Crippen MR) is 82.1 cm³/mol. The third-order valence-electron chi connectivity index (χ3n) is 3.19. The lowest BCUT2D eigenvalue weighted by Crippen LogP contribution is -2.15. The molecule has 0 saturated heterocycles. The maximum atomic E-state index is 12.4. The number of nitrogens with zero attached hydrogens (tertiary/aromatic N) is 1. The van der Waals surface area contributed by atoms with Gasteiger partial charge in [-0.25, -0.2) is 0 Å². The number of rotatable bonds is 4. The average Bonchev–Trinajstić information content (AvgIpc) is 2.81. The summed E-state index contributed by atoms with van der Waals surface area (Å²) in [6, 6.07) is 5.82. The predicted octanol–water partition coefficient (Wildman–Crippen LogP) is 4.12. The summed E-state index contributed by atoms with van der Waals surface area (Å²) < 4.78 is 6.11. The quantitative estimate of drug-likeness (QED) is 0.913. The molecule has 0 atom stereocenters. The Morgan fingerprint density at radius 3 is 2.75 bits per heavy atom. The van der Waals surface area contributed by atoms with E-state index in [9.17, 15) is 4.79 Å². The first kappa shape index (κ1) is 14.8. The molecule has 1 amide bonds. The Morgan fingerprint density at radius 2 is 2.10 bits per heavy atom. The van der Waals surface area contributed by atoms with Crippen molar-refractivity contribution in [3.8, 4) is 0 Å². The fourth-order valence-electron chi connectivity index (χ4n) is 2.11. The van der Waals surface area contributed by atoms with E-state index in [0.717, 1.165) is 22.1 Å². The molecule has 0 spiro atoms. The molecule has 0 fully saturated rings. The molecule has 1 heterocycles. The number of hydrogen-bond donors (Lipinski definition) is 1. The van der Waals surface area contributed by atoms with Crippen LogP contribution in [0, 0.1) is 6.92 Å². The Labute approximate surface area is 126 Å². The van der Waals surface area contributed by atoms with E-state index in [0.29, 0.717) is 23.4 Å². The van der Waals surface area contributed by atoms with Gasteiger partial charge in [0.2, 0.25) is 0 Å². The Bertz CT molecular complexity index is 635. The maximum absolute atomic E-state index is 12.4. The Hall–Kier alpha value is -1.62. The van der Waals surface area contributed by atoms with E-state index in [2.05, 4.69) is 33.3 Å². The highest BCUT2D eigenvalue weighted by atomic mass is 79.9. The van der Waals surface area contributed by atoms with Gasteiger partial charge in [-0.2, -0.15) is 0 Å². The SMILES string of the molecule is CCc1cc(Br)ccc1NC(=O)c1c(CC)noc1C. The van der Waals surface area contributed by atoms with Crippen molar-refractivity contribution >= 4 is 27.5 Å². The van der Waals surface area contributed by atoms with Gasteiger partial charge in [-0.05, 0) is 43.5 Å². The van der Waals surface area contributed by atoms with E-state index in [4.69, 9.17) is 4.52 Å². The molecule has 1 N–H and O–H groups in total. The number of benzene rings is 1. The molecular weight excluding hydrogens is 320 g/mol. The van der Waals surface area contributed by atoms with Crippen LogP contribution in [0.4, 0.5) is 5.69 Å². The lowest BCUT2D eigenvalue weighted by Gasteiger charge is -2.10. The van der Waals surface area contributed by atoms with Crippen LogP contribution in [-0.4, -0.2) is 11.1 Å². The van der Waals surface area contributed by atoms with Crippen LogP contribution in [-0.2, 0) is 12.8 Å². The van der Waals surface area contributed by atoms with Crippen molar-refractivity contribution in [3.05, 3.63) is 45.3 Å². The van der Waals surface area contributed by atoms with Crippen LogP contribution in [0.1, 0.15) is 41.2 Å². The van der Waals surface area contributed by atoms with Crippen LogP contribution in [0.25, 0.3) is 0 Å². The van der Waals surface area contributed by atoms with Crippen LogP contribution in [0.15, 0.2) is 27.2 Å². The van der Waals surface area contributed by atoms with Crippen molar-refractivity contribution in [2.45, 2.75) is 33.6 Å². The van der Waals surface area contributed by atoms with E-state index in [-0.39, 0.29) is 5.91 Å². The Morgan fingerprint density at radius 1 is 1.35 bits per heavy atom. The topological polar surface area (TPSA) is 55.1 Å². The van der Waals surface area contributed by atoms with E-state index < -0.39 is 0 Å². The van der Waals surface area contributed by atoms with Crippen molar-refractivity contribution in [1.82, 2.24) is 5.16 Å². The summed E-state index contributed by atoms with van der Waals surface area (Å²) in [5.74, 6) is 0.382. The van der Waals surface area contributed by atoms with Gasteiger partial charge >= 0.3 is 0 Å². The number of aromatic nitrogens is 1. The van der Waals surface area contributed by atoms with Crippen molar-refractivity contribution in [3.63, 3.8) is 0 Å². The Kier molecular flexibility index (Phi) is 4.60. The molecular formula is C15H17BrN2O2. The van der Waals surface area contributed by atoms with Crippen molar-refractivity contribution in [2.24, 2.45) is 0 Å². The van der Waals surface area contributed by atoms with Crippen LogP contribution in [0.3, 0.4) is 0 Å². The normalized spacial score (nSPS) is 10.6. The van der Waals surface area contributed by atoms with E-state index in [1.165, 1.54) is 0 Å². The van der Waals surface area contributed by atoms with Gasteiger partial charge in [-0.15, -0.1) is 0 Å². The van der Waals surface area contributed by atoms with Crippen LogP contribution >= 0.6 is 15.9 Å². The summed E-state index contributed by atoms with van der Waals surface area (Å²) in [4.78, 5) is 12.4. The third-order valence-corrected chi connectivity index (χ3v) is 3.69. The summed E-state index contributed by atoms with van der Waals surface area (Å²) in [7, 11) is 0. The first-order chi connectivity index (χ1) is 9.56. The summed E-state index contributed by atoms with van der Waals surface area (Å²) in [5, 5.41) is 6.86. The summed E-state index contributed by atoms with van der Waals surface area (Å²) in [5.41, 5.74) is 3.14. The number of halogens is 1. The lowest BCUT2D eigenvalue weighted by molar-refractivity contribution is 0.102. The zero-order valence-electron chi connectivity index (χ0n) is 11.8. The molecule has 0 aliphatic heterocycles. The van der Waals surface area contributed by atoms with Crippen molar-refractivity contribution < 1.29 is 9.32 Å². The van der Waals surface area contributed by atoms with Gasteiger partial charge < -0.3 is 9.84 Å². The molecule has 5 heteroatoms. The molecule has 4 nitrogen and oxygen atoms in total. The van der Waals surface area contributed by atoms with E-state index in [1.54, 1.807) is 6.92 Å². The highest BCUT2D eigenvalue weighted by Gasteiger charge is 2.19. The molecule has 0 saturated carbocycles. The molecule has 20 heavy (non-hydrogen) atoms. The monoisotopic (exact) mass is 336 g/mol. The molecule has 1 aromatic heterocycles. The smallest absolute Gasteiger partial charge is 0.261 e. The minimum atomic E-state index is -0.169. The number of nitrogens with one attached hydrogen (secondary N) is 1. The fourth-order valence-corrected chi connectivity index (χ4v) is 2.52. The van der Waals surface area contributed by atoms with Crippen molar-refractivity contribution in [2.75, 3.05) is 5.32 Å². The second-order valence-corrected chi connectivity index (χ2v) is 5.44. The third kappa shape index (κ3) is 2.93. The molecule has 0 bridgehead atoms. The summed E-state index contributed by atoms with van der Waals surface area (Å²) in [6.45, 7) is 5.76. The number of hydrogen-bond acceptors (Lipinski definition) is 3. The number of aryl methyl sites for hydroxylation is 3. The second-order valence-electron chi connectivity index (χ2n) is 4.52. The largest absolute Gasteiger partial charge is 0.361 e. The molecule has 0 aliphatic rings. The van der Waals surface area contributed by atoms with Crippen LogP contribution < -0.4 is 5.32 Å². The molecule has 2 rings (SSSR count). The lowest BCUT2D eigenvalue weighted by atomic mass is 10.1. The van der Waals surface area contributed by atoms with Gasteiger partial charge in [0, 0.05) is 10.2 Å². The Balaban J connectivity index is 2.30. The first-order valence-electron chi connectivity index (χ1n) is 6.61. The van der Waals surface area contributed by atoms with Gasteiger partial charge in [0.05, 0.1) is 5.69 Å². The zero-order chi connectivity index (χ0) is 14.7. The van der Waals surface area contributed by atoms with Gasteiger partial charge in [0.1, 0.15) is 11.3 Å². The molecule has 0 unspecified atom stereocenters. The molecule has 0 aliphatic carbocycles. The van der Waals surface area contributed by atoms with Gasteiger partial charge in [0.15, 0.2) is 0 Å². The highest BCUT2D eigenvalue weighted by molar-refractivity contribution is 9.10.